The number of nitrogens with zero attached hydrogens (tertiary/aromatic N) is 2. The lowest BCUT2D eigenvalue weighted by atomic mass is 9.84. The van der Waals surface area contributed by atoms with Crippen molar-refractivity contribution in [3.05, 3.63) is 76.3 Å². The second kappa shape index (κ2) is 6.18. The lowest BCUT2D eigenvalue weighted by molar-refractivity contribution is 0.653. The Bertz CT molecular complexity index is 843. The normalized spacial score (nSPS) is 12.4. The Morgan fingerprint density at radius 1 is 1.09 bits per heavy atom. The molecule has 0 radical (unpaired) electrons. The molecule has 0 bridgehead atoms. The molecule has 2 aromatic carbocycles. The van der Waals surface area contributed by atoms with Gasteiger partial charge in [-0.2, -0.15) is 0 Å². The van der Waals surface area contributed by atoms with Gasteiger partial charge >= 0.3 is 0 Å². The number of aromatic nitrogens is 2. The van der Waals surface area contributed by atoms with E-state index in [0.717, 1.165) is 23.3 Å². The quantitative estimate of drug-likeness (QED) is 0.692. The summed E-state index contributed by atoms with van der Waals surface area (Å²) in [4.78, 5) is 17.7. The molecule has 1 heterocycles. The van der Waals surface area contributed by atoms with Crippen LogP contribution in [0.2, 0.25) is 0 Å². The number of para-hydroxylation sites is 1. The molecule has 0 fully saturated rings. The highest BCUT2D eigenvalue weighted by molar-refractivity contribution is 6.12. The van der Waals surface area contributed by atoms with Crippen LogP contribution in [0.4, 0.5) is 0 Å². The van der Waals surface area contributed by atoms with E-state index in [1.165, 1.54) is 0 Å². The van der Waals surface area contributed by atoms with Crippen LogP contribution in [-0.2, 0) is 6.54 Å². The largest absolute Gasteiger partial charge is 0.292 e. The van der Waals surface area contributed by atoms with E-state index in [4.69, 9.17) is 4.98 Å². The van der Waals surface area contributed by atoms with Crippen molar-refractivity contribution in [3.8, 4) is 0 Å². The van der Waals surface area contributed by atoms with E-state index < -0.39 is 0 Å². The van der Waals surface area contributed by atoms with Crippen molar-refractivity contribution in [2.75, 3.05) is 0 Å². The predicted octanol–water partition coefficient (Wildman–Crippen LogP) is 2.53. The number of hydrogen-bond acceptors (Lipinski definition) is 2. The van der Waals surface area contributed by atoms with Crippen molar-refractivity contribution in [3.63, 3.8) is 0 Å². The Labute approximate surface area is 131 Å². The van der Waals surface area contributed by atoms with Crippen molar-refractivity contribution in [2.45, 2.75) is 25.7 Å². The second-order valence-electron chi connectivity index (χ2n) is 5.67. The van der Waals surface area contributed by atoms with Gasteiger partial charge in [-0.1, -0.05) is 55.8 Å². The van der Waals surface area contributed by atoms with Crippen LogP contribution in [0.1, 0.15) is 30.5 Å². The average Bonchev–Trinajstić information content (AvgIpc) is 2.57. The highest BCUT2D eigenvalue weighted by Crippen LogP contribution is 2.17. The van der Waals surface area contributed by atoms with Crippen molar-refractivity contribution in [1.82, 2.24) is 9.55 Å². The SMILES string of the molecule is BC(CC)c1nc2ccccc2c(=O)n1Cc1ccccc1. The van der Waals surface area contributed by atoms with Gasteiger partial charge in [0.05, 0.1) is 17.4 Å². The summed E-state index contributed by atoms with van der Waals surface area (Å²) in [6, 6.07) is 17.7. The highest BCUT2D eigenvalue weighted by atomic mass is 16.1. The molecular formula is C18H19BN2O. The Balaban J connectivity index is 2.21. The van der Waals surface area contributed by atoms with Gasteiger partial charge in [-0.3, -0.25) is 9.36 Å². The standard InChI is InChI=1S/C18H19BN2O/c1-2-15(19)17-20-16-11-7-6-10-14(16)18(22)21(17)12-13-8-4-3-5-9-13/h3-11,15H,2,12,19H2,1H3. The molecule has 0 aliphatic rings. The molecule has 1 atom stereocenters. The minimum atomic E-state index is 0.0461. The molecule has 0 spiro atoms. The summed E-state index contributed by atoms with van der Waals surface area (Å²) in [5, 5.41) is 0.686. The van der Waals surface area contributed by atoms with E-state index in [1.807, 2.05) is 59.2 Å². The summed E-state index contributed by atoms with van der Waals surface area (Å²) in [5.41, 5.74) is 1.95. The molecule has 110 valence electrons. The first-order valence-electron chi connectivity index (χ1n) is 7.74. The summed E-state index contributed by atoms with van der Waals surface area (Å²) in [5.74, 6) is 1.12. The molecule has 1 unspecified atom stereocenters. The molecule has 22 heavy (non-hydrogen) atoms. The first-order chi connectivity index (χ1) is 10.7. The van der Waals surface area contributed by atoms with E-state index in [0.29, 0.717) is 11.9 Å². The molecule has 0 amide bonds. The third-order valence-electron chi connectivity index (χ3n) is 4.13. The van der Waals surface area contributed by atoms with E-state index in [9.17, 15) is 4.79 Å². The summed E-state index contributed by atoms with van der Waals surface area (Å²) >= 11 is 0. The van der Waals surface area contributed by atoms with Gasteiger partial charge < -0.3 is 0 Å². The summed E-state index contributed by atoms with van der Waals surface area (Å²) < 4.78 is 1.83. The maximum absolute atomic E-state index is 12.9. The summed E-state index contributed by atoms with van der Waals surface area (Å²) in [6.07, 6.45) is 0.958. The molecule has 4 heteroatoms. The van der Waals surface area contributed by atoms with Crippen LogP contribution in [0.15, 0.2) is 59.4 Å². The van der Waals surface area contributed by atoms with Gasteiger partial charge in [-0.15, -0.1) is 0 Å². The molecule has 0 aliphatic carbocycles. The van der Waals surface area contributed by atoms with E-state index in [1.54, 1.807) is 0 Å². The van der Waals surface area contributed by atoms with Crippen LogP contribution >= 0.6 is 0 Å². The Hall–Kier alpha value is -2.36. The van der Waals surface area contributed by atoms with Gasteiger partial charge in [-0.05, 0) is 23.5 Å². The highest BCUT2D eigenvalue weighted by Gasteiger charge is 2.15. The topological polar surface area (TPSA) is 34.9 Å². The minimum Gasteiger partial charge on any atom is -0.292 e. The van der Waals surface area contributed by atoms with Gasteiger partial charge in [-0.25, -0.2) is 4.98 Å². The van der Waals surface area contributed by atoms with E-state index >= 15 is 0 Å². The number of hydrogen-bond donors (Lipinski definition) is 0. The zero-order valence-electron chi connectivity index (χ0n) is 13.0. The predicted molar refractivity (Wildman–Crippen MR) is 93.1 cm³/mol. The maximum Gasteiger partial charge on any atom is 0.261 e. The van der Waals surface area contributed by atoms with Crippen LogP contribution in [0.3, 0.4) is 0 Å². The molecule has 3 rings (SSSR count). The van der Waals surface area contributed by atoms with E-state index in [-0.39, 0.29) is 11.4 Å². The van der Waals surface area contributed by atoms with Crippen LogP contribution in [0.25, 0.3) is 10.9 Å². The first-order valence-corrected chi connectivity index (χ1v) is 7.74. The van der Waals surface area contributed by atoms with Crippen molar-refractivity contribution in [2.24, 2.45) is 0 Å². The van der Waals surface area contributed by atoms with Crippen LogP contribution < -0.4 is 5.56 Å². The molecular weight excluding hydrogens is 271 g/mol. The molecule has 0 N–H and O–H groups in total. The zero-order valence-corrected chi connectivity index (χ0v) is 13.0. The third kappa shape index (κ3) is 2.69. The van der Waals surface area contributed by atoms with Crippen LogP contribution in [0.5, 0.6) is 0 Å². The fourth-order valence-electron chi connectivity index (χ4n) is 2.66. The van der Waals surface area contributed by atoms with Gasteiger partial charge in [0.1, 0.15) is 13.7 Å². The molecule has 1 aromatic heterocycles. The van der Waals surface area contributed by atoms with Crippen LogP contribution in [0, 0.1) is 0 Å². The smallest absolute Gasteiger partial charge is 0.261 e. The number of rotatable bonds is 4. The average molecular weight is 290 g/mol. The van der Waals surface area contributed by atoms with Gasteiger partial charge in [0.25, 0.3) is 5.56 Å². The van der Waals surface area contributed by atoms with Crippen molar-refractivity contribution in [1.29, 1.82) is 0 Å². The minimum absolute atomic E-state index is 0.0461. The monoisotopic (exact) mass is 290 g/mol. The Kier molecular flexibility index (Phi) is 4.10. The van der Waals surface area contributed by atoms with E-state index in [2.05, 4.69) is 14.8 Å². The lowest BCUT2D eigenvalue weighted by Gasteiger charge is -2.17. The van der Waals surface area contributed by atoms with Crippen molar-refractivity contribution < 1.29 is 0 Å². The van der Waals surface area contributed by atoms with Crippen molar-refractivity contribution >= 4 is 18.7 Å². The third-order valence-corrected chi connectivity index (χ3v) is 4.13. The van der Waals surface area contributed by atoms with Gasteiger partial charge in [0.2, 0.25) is 0 Å². The molecule has 3 nitrogen and oxygen atoms in total. The van der Waals surface area contributed by atoms with Crippen LogP contribution in [-0.4, -0.2) is 17.4 Å². The number of benzene rings is 2. The first kappa shape index (κ1) is 14.6. The molecule has 0 saturated heterocycles. The lowest BCUT2D eigenvalue weighted by Crippen LogP contribution is -2.27. The molecule has 3 aromatic rings. The molecule has 0 aliphatic heterocycles. The maximum atomic E-state index is 12.9. The Morgan fingerprint density at radius 2 is 1.77 bits per heavy atom. The summed E-state index contributed by atoms with van der Waals surface area (Å²) in [7, 11) is 2.12. The Morgan fingerprint density at radius 3 is 2.50 bits per heavy atom. The second-order valence-corrected chi connectivity index (χ2v) is 5.67. The number of fused-ring (bicyclic) bond motifs is 1. The fourth-order valence-corrected chi connectivity index (χ4v) is 2.66. The molecule has 0 saturated carbocycles. The van der Waals surface area contributed by atoms with Gasteiger partial charge in [0, 0.05) is 0 Å². The van der Waals surface area contributed by atoms with Gasteiger partial charge in [0.15, 0.2) is 0 Å². The fraction of sp³-hybridized carbons (Fsp3) is 0.222. The summed E-state index contributed by atoms with van der Waals surface area (Å²) in [6.45, 7) is 2.69. The zero-order chi connectivity index (χ0) is 15.5.